The highest BCUT2D eigenvalue weighted by molar-refractivity contribution is 6.30. The van der Waals surface area contributed by atoms with Crippen LogP contribution in [0.3, 0.4) is 0 Å². The summed E-state index contributed by atoms with van der Waals surface area (Å²) in [5.74, 6) is 1.00. The number of halogens is 1. The van der Waals surface area contributed by atoms with Crippen LogP contribution in [-0.4, -0.2) is 23.4 Å². The molecule has 4 heteroatoms. The summed E-state index contributed by atoms with van der Waals surface area (Å²) in [5, 5.41) is 4.24. The highest BCUT2D eigenvalue weighted by Crippen LogP contribution is 2.30. The van der Waals surface area contributed by atoms with Crippen molar-refractivity contribution in [2.45, 2.75) is 46.3 Å². The minimum Gasteiger partial charge on any atom is -0.321 e. The van der Waals surface area contributed by atoms with Crippen LogP contribution in [0.15, 0.2) is 24.3 Å². The maximum atomic E-state index is 12.7. The van der Waals surface area contributed by atoms with Gasteiger partial charge in [-0.2, -0.15) is 0 Å². The van der Waals surface area contributed by atoms with Crippen LogP contribution in [0.2, 0.25) is 5.02 Å². The molecule has 1 heterocycles. The van der Waals surface area contributed by atoms with E-state index in [1.807, 2.05) is 29.2 Å². The standard InChI is InChI=1S/C17H25ClN2O/c1-5-12(4)15-17(21)20(10-11(2)3)16(19-15)13-6-8-14(18)9-7-13/h6-9,11-12,15-16,19H,5,10H2,1-4H3. The summed E-state index contributed by atoms with van der Waals surface area (Å²) in [5.41, 5.74) is 1.10. The van der Waals surface area contributed by atoms with E-state index in [0.717, 1.165) is 23.6 Å². The zero-order chi connectivity index (χ0) is 15.6. The van der Waals surface area contributed by atoms with Crippen molar-refractivity contribution in [2.75, 3.05) is 6.54 Å². The summed E-state index contributed by atoms with van der Waals surface area (Å²) in [6.07, 6.45) is 0.947. The third kappa shape index (κ3) is 3.58. The van der Waals surface area contributed by atoms with Crippen LogP contribution < -0.4 is 5.32 Å². The first-order valence-electron chi connectivity index (χ1n) is 7.76. The van der Waals surface area contributed by atoms with E-state index < -0.39 is 0 Å². The Bertz CT molecular complexity index is 486. The highest BCUT2D eigenvalue weighted by Gasteiger charge is 2.41. The Balaban J connectivity index is 2.28. The molecule has 3 unspecified atom stereocenters. The number of nitrogens with zero attached hydrogens (tertiary/aromatic N) is 1. The Labute approximate surface area is 132 Å². The lowest BCUT2D eigenvalue weighted by atomic mass is 9.99. The molecule has 0 saturated carbocycles. The zero-order valence-electron chi connectivity index (χ0n) is 13.3. The van der Waals surface area contributed by atoms with Gasteiger partial charge in [0.1, 0.15) is 6.17 Å². The predicted molar refractivity (Wildman–Crippen MR) is 87.1 cm³/mol. The monoisotopic (exact) mass is 308 g/mol. The average Bonchev–Trinajstić information content (AvgIpc) is 2.76. The maximum Gasteiger partial charge on any atom is 0.241 e. The molecule has 2 rings (SSSR count). The van der Waals surface area contributed by atoms with Crippen LogP contribution in [0.4, 0.5) is 0 Å². The molecule has 1 amide bonds. The first-order valence-corrected chi connectivity index (χ1v) is 8.13. The second kappa shape index (κ2) is 6.80. The van der Waals surface area contributed by atoms with Crippen LogP contribution in [0.1, 0.15) is 45.8 Å². The summed E-state index contributed by atoms with van der Waals surface area (Å²) in [6, 6.07) is 7.67. The predicted octanol–water partition coefficient (Wildman–Crippen LogP) is 3.84. The fraction of sp³-hybridized carbons (Fsp3) is 0.588. The molecule has 1 saturated heterocycles. The lowest BCUT2D eigenvalue weighted by Crippen LogP contribution is -2.36. The van der Waals surface area contributed by atoms with Crippen LogP contribution in [0.5, 0.6) is 0 Å². The molecule has 1 N–H and O–H groups in total. The van der Waals surface area contributed by atoms with Gasteiger partial charge in [0.25, 0.3) is 0 Å². The second-order valence-electron chi connectivity index (χ2n) is 6.37. The summed E-state index contributed by atoms with van der Waals surface area (Å²) >= 11 is 5.97. The van der Waals surface area contributed by atoms with Gasteiger partial charge in [0.2, 0.25) is 5.91 Å². The van der Waals surface area contributed by atoms with Gasteiger partial charge in [-0.05, 0) is 29.5 Å². The van der Waals surface area contributed by atoms with E-state index in [9.17, 15) is 4.79 Å². The van der Waals surface area contributed by atoms with Crippen molar-refractivity contribution in [1.29, 1.82) is 0 Å². The van der Waals surface area contributed by atoms with E-state index in [-0.39, 0.29) is 18.1 Å². The Hall–Kier alpha value is -1.06. The van der Waals surface area contributed by atoms with Gasteiger partial charge in [-0.3, -0.25) is 10.1 Å². The summed E-state index contributed by atoms with van der Waals surface area (Å²) in [6.45, 7) is 9.31. The van der Waals surface area contributed by atoms with Gasteiger partial charge in [0.05, 0.1) is 6.04 Å². The molecule has 1 fully saturated rings. The fourth-order valence-corrected chi connectivity index (χ4v) is 2.92. The normalized spacial score (nSPS) is 23.9. The van der Waals surface area contributed by atoms with Crippen LogP contribution >= 0.6 is 11.6 Å². The van der Waals surface area contributed by atoms with E-state index >= 15 is 0 Å². The SMILES string of the molecule is CCC(C)C1NC(c2ccc(Cl)cc2)N(CC(C)C)C1=O. The van der Waals surface area contributed by atoms with Crippen molar-refractivity contribution < 1.29 is 4.79 Å². The average molecular weight is 309 g/mol. The number of hydrogen-bond donors (Lipinski definition) is 1. The molecule has 0 aliphatic carbocycles. The Morgan fingerprint density at radius 3 is 2.38 bits per heavy atom. The first kappa shape index (κ1) is 16.3. The number of nitrogens with one attached hydrogen (secondary N) is 1. The Morgan fingerprint density at radius 1 is 1.24 bits per heavy atom. The van der Waals surface area contributed by atoms with Crippen LogP contribution in [0, 0.1) is 11.8 Å². The molecule has 21 heavy (non-hydrogen) atoms. The second-order valence-corrected chi connectivity index (χ2v) is 6.80. The van der Waals surface area contributed by atoms with Gasteiger partial charge in [0.15, 0.2) is 0 Å². The molecule has 0 spiro atoms. The van der Waals surface area contributed by atoms with Crippen molar-refractivity contribution in [3.63, 3.8) is 0 Å². The number of carbonyl (C=O) groups excluding carboxylic acids is 1. The van der Waals surface area contributed by atoms with Crippen molar-refractivity contribution in [1.82, 2.24) is 10.2 Å². The molecule has 0 bridgehead atoms. The van der Waals surface area contributed by atoms with E-state index in [0.29, 0.717) is 11.8 Å². The van der Waals surface area contributed by atoms with Crippen molar-refractivity contribution in [2.24, 2.45) is 11.8 Å². The largest absolute Gasteiger partial charge is 0.321 e. The topological polar surface area (TPSA) is 32.3 Å². The quantitative estimate of drug-likeness (QED) is 0.896. The van der Waals surface area contributed by atoms with Crippen molar-refractivity contribution in [3.05, 3.63) is 34.9 Å². The molecule has 116 valence electrons. The molecule has 0 radical (unpaired) electrons. The lowest BCUT2D eigenvalue weighted by Gasteiger charge is -2.26. The molecular weight excluding hydrogens is 284 g/mol. The van der Waals surface area contributed by atoms with Gasteiger partial charge >= 0.3 is 0 Å². The molecule has 1 aliphatic heterocycles. The number of rotatable bonds is 5. The lowest BCUT2D eigenvalue weighted by molar-refractivity contribution is -0.131. The number of hydrogen-bond acceptors (Lipinski definition) is 2. The minimum absolute atomic E-state index is 0.0452. The summed E-state index contributed by atoms with van der Waals surface area (Å²) < 4.78 is 0. The van der Waals surface area contributed by atoms with Gasteiger partial charge in [-0.25, -0.2) is 0 Å². The fourth-order valence-electron chi connectivity index (χ4n) is 2.79. The number of amides is 1. The number of benzene rings is 1. The summed E-state index contributed by atoms with van der Waals surface area (Å²) in [7, 11) is 0. The van der Waals surface area contributed by atoms with Crippen molar-refractivity contribution in [3.8, 4) is 0 Å². The molecule has 1 aliphatic rings. The van der Waals surface area contributed by atoms with Gasteiger partial charge < -0.3 is 4.90 Å². The molecule has 3 atom stereocenters. The van der Waals surface area contributed by atoms with Gasteiger partial charge in [-0.1, -0.05) is 57.8 Å². The molecule has 1 aromatic rings. The van der Waals surface area contributed by atoms with E-state index in [1.165, 1.54) is 0 Å². The summed E-state index contributed by atoms with van der Waals surface area (Å²) in [4.78, 5) is 14.7. The van der Waals surface area contributed by atoms with Gasteiger partial charge in [0, 0.05) is 11.6 Å². The van der Waals surface area contributed by atoms with Crippen molar-refractivity contribution >= 4 is 17.5 Å². The molecule has 0 aromatic heterocycles. The molecule has 3 nitrogen and oxygen atoms in total. The highest BCUT2D eigenvalue weighted by atomic mass is 35.5. The van der Waals surface area contributed by atoms with Crippen LogP contribution in [0.25, 0.3) is 0 Å². The maximum absolute atomic E-state index is 12.7. The molecular formula is C17H25ClN2O. The number of carbonyl (C=O) groups is 1. The smallest absolute Gasteiger partial charge is 0.241 e. The first-order chi connectivity index (χ1) is 9.93. The van der Waals surface area contributed by atoms with E-state index in [2.05, 4.69) is 33.0 Å². The van der Waals surface area contributed by atoms with E-state index in [4.69, 9.17) is 11.6 Å². The Morgan fingerprint density at radius 2 is 1.86 bits per heavy atom. The zero-order valence-corrected chi connectivity index (χ0v) is 14.0. The van der Waals surface area contributed by atoms with Gasteiger partial charge in [-0.15, -0.1) is 0 Å². The third-order valence-electron chi connectivity index (χ3n) is 4.16. The minimum atomic E-state index is -0.0885. The van der Waals surface area contributed by atoms with Crippen LogP contribution in [-0.2, 0) is 4.79 Å². The van der Waals surface area contributed by atoms with E-state index in [1.54, 1.807) is 0 Å². The molecule has 1 aromatic carbocycles. The Kier molecular flexibility index (Phi) is 5.28. The third-order valence-corrected chi connectivity index (χ3v) is 4.41.